The molecule has 0 bridgehead atoms. The zero-order valence-electron chi connectivity index (χ0n) is 7.74. The molecule has 0 aromatic heterocycles. The van der Waals surface area contributed by atoms with E-state index in [9.17, 15) is 4.39 Å². The summed E-state index contributed by atoms with van der Waals surface area (Å²) in [5, 5.41) is 0. The molecule has 64 valence electrons. The second-order valence-electron chi connectivity index (χ2n) is 2.43. The number of halogens is 1. The Morgan fingerprint density at radius 2 is 1.82 bits per heavy atom. The van der Waals surface area contributed by atoms with E-state index in [0.717, 1.165) is 24.3 Å². The van der Waals surface area contributed by atoms with Crippen molar-refractivity contribution in [3.8, 4) is 0 Å². The predicted molar refractivity (Wildman–Crippen MR) is 47.7 cm³/mol. The Morgan fingerprint density at radius 3 is 2.09 bits per heavy atom. The summed E-state index contributed by atoms with van der Waals surface area (Å²) in [5.74, 6) is -0.109. The molecule has 0 aliphatic carbocycles. The van der Waals surface area contributed by atoms with Crippen molar-refractivity contribution in [2.24, 2.45) is 4.99 Å². The maximum absolute atomic E-state index is 12.7. The van der Waals surface area contributed by atoms with E-state index >= 15 is 0 Å². The smallest absolute Gasteiger partial charge is 0.102 e. The van der Waals surface area contributed by atoms with Crippen molar-refractivity contribution in [1.29, 1.82) is 0 Å². The van der Waals surface area contributed by atoms with Gasteiger partial charge in [-0.05, 0) is 27.2 Å². The zero-order chi connectivity index (χ0) is 8.85. The Labute approximate surface area is 68.0 Å². The van der Waals surface area contributed by atoms with Crippen LogP contribution in [0, 0.1) is 0 Å². The van der Waals surface area contributed by atoms with Gasteiger partial charge in [0, 0.05) is 17.8 Å². The van der Waals surface area contributed by atoms with Crippen molar-refractivity contribution >= 4 is 5.71 Å². The van der Waals surface area contributed by atoms with Gasteiger partial charge in [0.15, 0.2) is 0 Å². The fourth-order valence-electron chi connectivity index (χ4n) is 1.08. The van der Waals surface area contributed by atoms with Crippen LogP contribution in [0.15, 0.2) is 16.4 Å². The average Bonchev–Trinajstić information content (AvgIpc) is 1.88. The molecule has 0 aliphatic rings. The van der Waals surface area contributed by atoms with Crippen LogP contribution in [0.3, 0.4) is 0 Å². The Kier molecular flexibility index (Phi) is 4.75. The molecule has 0 radical (unpaired) electrons. The van der Waals surface area contributed by atoms with Gasteiger partial charge in [-0.25, -0.2) is 4.39 Å². The molecule has 0 N–H and O–H groups in total. The Balaban J connectivity index is 4.53. The van der Waals surface area contributed by atoms with Crippen LogP contribution in [0.25, 0.3) is 0 Å². The second-order valence-corrected chi connectivity index (χ2v) is 2.43. The van der Waals surface area contributed by atoms with Gasteiger partial charge < -0.3 is 0 Å². The number of allylic oxidation sites excluding steroid dienone is 2. The number of nitrogens with zero attached hydrogens (tertiary/aromatic N) is 1. The molecule has 0 fully saturated rings. The van der Waals surface area contributed by atoms with E-state index in [-0.39, 0.29) is 5.83 Å². The first-order chi connectivity index (χ1) is 5.13. The van der Waals surface area contributed by atoms with Crippen LogP contribution in [-0.2, 0) is 0 Å². The van der Waals surface area contributed by atoms with Crippen LogP contribution in [0.4, 0.5) is 4.39 Å². The Hall–Kier alpha value is -0.660. The van der Waals surface area contributed by atoms with Gasteiger partial charge in [-0.2, -0.15) is 0 Å². The fourth-order valence-corrected chi connectivity index (χ4v) is 1.08. The van der Waals surface area contributed by atoms with E-state index in [1.807, 2.05) is 20.8 Å². The lowest BCUT2D eigenvalue weighted by molar-refractivity contribution is 0.628. The maximum Gasteiger partial charge on any atom is 0.102 e. The van der Waals surface area contributed by atoms with Gasteiger partial charge in [0.1, 0.15) is 5.83 Å². The Bertz CT molecular complexity index is 176. The summed E-state index contributed by atoms with van der Waals surface area (Å²) in [4.78, 5) is 4.14. The monoisotopic (exact) mass is 157 g/mol. The molecule has 0 rings (SSSR count). The average molecular weight is 157 g/mol. The number of hydrogen-bond acceptors (Lipinski definition) is 1. The summed E-state index contributed by atoms with van der Waals surface area (Å²) < 4.78 is 12.7. The summed E-state index contributed by atoms with van der Waals surface area (Å²) in [6.07, 6.45) is 0.720. The van der Waals surface area contributed by atoms with Crippen molar-refractivity contribution in [3.05, 3.63) is 11.4 Å². The largest absolute Gasteiger partial charge is 0.290 e. The topological polar surface area (TPSA) is 12.4 Å². The third-order valence-electron chi connectivity index (χ3n) is 1.60. The van der Waals surface area contributed by atoms with Crippen LogP contribution in [0.5, 0.6) is 0 Å². The van der Waals surface area contributed by atoms with Crippen LogP contribution in [0.2, 0.25) is 0 Å². The highest BCUT2D eigenvalue weighted by molar-refractivity contribution is 5.98. The van der Waals surface area contributed by atoms with E-state index in [1.165, 1.54) is 6.92 Å². The molecule has 0 amide bonds. The minimum atomic E-state index is -0.109. The lowest BCUT2D eigenvalue weighted by atomic mass is 10.1. The van der Waals surface area contributed by atoms with Gasteiger partial charge in [0.25, 0.3) is 0 Å². The van der Waals surface area contributed by atoms with Gasteiger partial charge in [0.05, 0.1) is 0 Å². The molecule has 0 saturated heterocycles. The molecule has 0 saturated carbocycles. The predicted octanol–water partition coefficient (Wildman–Crippen LogP) is 3.12. The third kappa shape index (κ3) is 3.30. The molecule has 0 aromatic rings. The van der Waals surface area contributed by atoms with Crippen molar-refractivity contribution in [2.45, 2.75) is 34.1 Å². The summed E-state index contributed by atoms with van der Waals surface area (Å²) >= 11 is 0. The molecule has 2 heteroatoms. The molecular weight excluding hydrogens is 141 g/mol. The van der Waals surface area contributed by atoms with Crippen LogP contribution < -0.4 is 0 Å². The summed E-state index contributed by atoms with van der Waals surface area (Å²) in [5.41, 5.74) is 1.57. The molecule has 11 heavy (non-hydrogen) atoms. The number of aliphatic imine (C=N–C) groups is 1. The highest BCUT2D eigenvalue weighted by Gasteiger charge is 2.02. The van der Waals surface area contributed by atoms with Crippen molar-refractivity contribution in [1.82, 2.24) is 0 Å². The van der Waals surface area contributed by atoms with Crippen molar-refractivity contribution in [2.75, 3.05) is 6.54 Å². The van der Waals surface area contributed by atoms with Gasteiger partial charge in [-0.15, -0.1) is 0 Å². The lowest BCUT2D eigenvalue weighted by Gasteiger charge is -2.03. The summed E-state index contributed by atoms with van der Waals surface area (Å²) in [6, 6.07) is 0. The quantitative estimate of drug-likeness (QED) is 0.558. The van der Waals surface area contributed by atoms with Gasteiger partial charge in [-0.1, -0.05) is 6.92 Å². The first-order valence-electron chi connectivity index (χ1n) is 4.00. The first kappa shape index (κ1) is 10.3. The van der Waals surface area contributed by atoms with Crippen molar-refractivity contribution < 1.29 is 4.39 Å². The molecular formula is C9H16FN. The van der Waals surface area contributed by atoms with E-state index in [4.69, 9.17) is 0 Å². The molecule has 1 nitrogen and oxygen atoms in total. The fraction of sp³-hybridized carbons (Fsp3) is 0.667. The highest BCUT2D eigenvalue weighted by atomic mass is 19.1. The molecule has 0 spiro atoms. The molecule has 0 heterocycles. The summed E-state index contributed by atoms with van der Waals surface area (Å²) in [6.45, 7) is 7.94. The van der Waals surface area contributed by atoms with E-state index in [2.05, 4.69) is 4.99 Å². The van der Waals surface area contributed by atoms with E-state index in [1.54, 1.807) is 0 Å². The summed E-state index contributed by atoms with van der Waals surface area (Å²) in [7, 11) is 0. The minimum Gasteiger partial charge on any atom is -0.290 e. The Morgan fingerprint density at radius 1 is 1.27 bits per heavy atom. The van der Waals surface area contributed by atoms with Crippen LogP contribution in [-0.4, -0.2) is 12.3 Å². The highest BCUT2D eigenvalue weighted by Crippen LogP contribution is 2.11. The van der Waals surface area contributed by atoms with Gasteiger partial charge >= 0.3 is 0 Å². The van der Waals surface area contributed by atoms with Crippen molar-refractivity contribution in [3.63, 3.8) is 0 Å². The number of rotatable bonds is 3. The van der Waals surface area contributed by atoms with E-state index in [0.29, 0.717) is 0 Å². The molecule has 0 aliphatic heterocycles. The lowest BCUT2D eigenvalue weighted by Crippen LogP contribution is -1.98. The normalized spacial score (nSPS) is 14.8. The van der Waals surface area contributed by atoms with Crippen LogP contribution >= 0.6 is 0 Å². The second kappa shape index (κ2) is 5.05. The van der Waals surface area contributed by atoms with Gasteiger partial charge in [0.2, 0.25) is 0 Å². The molecule has 0 aromatic carbocycles. The molecule has 0 unspecified atom stereocenters. The van der Waals surface area contributed by atoms with Crippen LogP contribution in [0.1, 0.15) is 34.1 Å². The standard InChI is InChI=1S/C9H16FN/c1-5-9(7(3)10)8(4)11-6-2/h5-6H2,1-4H3/b9-7+,11-8?. The molecule has 0 atom stereocenters. The maximum atomic E-state index is 12.7. The van der Waals surface area contributed by atoms with E-state index < -0.39 is 0 Å². The zero-order valence-corrected chi connectivity index (χ0v) is 7.74. The first-order valence-corrected chi connectivity index (χ1v) is 4.00. The van der Waals surface area contributed by atoms with Gasteiger partial charge in [-0.3, -0.25) is 4.99 Å². The minimum absolute atomic E-state index is 0.109. The SMILES string of the molecule is CCN=C(C)/C(CC)=C(\C)F. The third-order valence-corrected chi connectivity index (χ3v) is 1.60. The number of hydrogen-bond donors (Lipinski definition) is 0.